The zero-order valence-electron chi connectivity index (χ0n) is 18.2. The Hall–Kier alpha value is -2.61. The molecule has 0 aliphatic carbocycles. The Kier molecular flexibility index (Phi) is 7.53. The molecule has 0 bridgehead atoms. The first-order valence-corrected chi connectivity index (χ1v) is 12.5. The highest BCUT2D eigenvalue weighted by Crippen LogP contribution is 2.40. The van der Waals surface area contributed by atoms with Crippen LogP contribution in [-0.2, 0) is 11.4 Å². The Balaban J connectivity index is 1.60. The average Bonchev–Trinajstić information content (AvgIpc) is 3.07. The third-order valence-corrected chi connectivity index (χ3v) is 6.83. The van der Waals surface area contributed by atoms with Crippen LogP contribution < -0.4 is 14.4 Å². The van der Waals surface area contributed by atoms with Crippen LogP contribution in [0, 0.1) is 6.92 Å². The van der Waals surface area contributed by atoms with Gasteiger partial charge in [0.15, 0.2) is 15.8 Å². The standard InChI is InChI=1S/C26H22BrNO3S2/c1-3-30-22-14-19(13-21(27)24(22)31-16-18-7-5-4-6-8-18)15-23-25(29)28(26(32)33-23)20-11-9-17(2)10-12-20/h4-15H,3,16H2,1-2H3/b23-15-. The monoisotopic (exact) mass is 539 g/mol. The van der Waals surface area contributed by atoms with Gasteiger partial charge < -0.3 is 9.47 Å². The van der Waals surface area contributed by atoms with Gasteiger partial charge in [0.1, 0.15) is 6.61 Å². The lowest BCUT2D eigenvalue weighted by atomic mass is 10.1. The minimum absolute atomic E-state index is 0.132. The summed E-state index contributed by atoms with van der Waals surface area (Å²) < 4.78 is 13.2. The number of nitrogens with zero attached hydrogens (tertiary/aromatic N) is 1. The van der Waals surface area contributed by atoms with Crippen molar-refractivity contribution in [3.8, 4) is 11.5 Å². The minimum Gasteiger partial charge on any atom is -0.490 e. The van der Waals surface area contributed by atoms with Crippen molar-refractivity contribution in [2.75, 3.05) is 11.5 Å². The highest BCUT2D eigenvalue weighted by Gasteiger charge is 2.33. The maximum atomic E-state index is 13.1. The molecule has 1 saturated heterocycles. The van der Waals surface area contributed by atoms with Crippen molar-refractivity contribution in [2.24, 2.45) is 0 Å². The number of thiocarbonyl (C=S) groups is 1. The Morgan fingerprint density at radius 1 is 1.06 bits per heavy atom. The van der Waals surface area contributed by atoms with E-state index >= 15 is 0 Å². The molecule has 0 radical (unpaired) electrons. The van der Waals surface area contributed by atoms with E-state index in [0.29, 0.717) is 33.9 Å². The molecule has 3 aromatic rings. The van der Waals surface area contributed by atoms with Crippen LogP contribution in [0.4, 0.5) is 5.69 Å². The molecule has 0 spiro atoms. The quantitative estimate of drug-likeness (QED) is 0.235. The van der Waals surface area contributed by atoms with Crippen molar-refractivity contribution < 1.29 is 14.3 Å². The Bertz CT molecular complexity index is 1210. The molecular formula is C26H22BrNO3S2. The van der Waals surface area contributed by atoms with E-state index in [1.54, 1.807) is 4.90 Å². The smallest absolute Gasteiger partial charge is 0.270 e. The second-order valence-corrected chi connectivity index (χ2v) is 9.92. The molecule has 3 aromatic carbocycles. The van der Waals surface area contributed by atoms with Gasteiger partial charge in [-0.25, -0.2) is 0 Å². The topological polar surface area (TPSA) is 38.8 Å². The summed E-state index contributed by atoms with van der Waals surface area (Å²) in [6.45, 7) is 4.85. The van der Waals surface area contributed by atoms with Gasteiger partial charge in [0.05, 0.1) is 21.7 Å². The van der Waals surface area contributed by atoms with Gasteiger partial charge in [0, 0.05) is 0 Å². The second kappa shape index (κ2) is 10.5. The van der Waals surface area contributed by atoms with Crippen molar-refractivity contribution in [2.45, 2.75) is 20.5 Å². The molecular weight excluding hydrogens is 518 g/mol. The molecule has 7 heteroatoms. The number of hydrogen-bond donors (Lipinski definition) is 0. The first kappa shape index (κ1) is 23.5. The zero-order chi connectivity index (χ0) is 23.4. The van der Waals surface area contributed by atoms with Gasteiger partial charge in [0.2, 0.25) is 0 Å². The van der Waals surface area contributed by atoms with Crippen molar-refractivity contribution in [1.82, 2.24) is 0 Å². The van der Waals surface area contributed by atoms with Crippen LogP contribution in [0.1, 0.15) is 23.6 Å². The summed E-state index contributed by atoms with van der Waals surface area (Å²) in [6.07, 6.45) is 1.84. The van der Waals surface area contributed by atoms with E-state index in [-0.39, 0.29) is 5.91 Å². The highest BCUT2D eigenvalue weighted by atomic mass is 79.9. The number of amides is 1. The number of carbonyl (C=O) groups is 1. The summed E-state index contributed by atoms with van der Waals surface area (Å²) in [7, 11) is 0. The lowest BCUT2D eigenvalue weighted by Crippen LogP contribution is -2.27. The van der Waals surface area contributed by atoms with Crippen LogP contribution in [0.5, 0.6) is 11.5 Å². The van der Waals surface area contributed by atoms with Gasteiger partial charge in [-0.1, -0.05) is 72.0 Å². The number of aryl methyl sites for hydroxylation is 1. The normalized spacial score (nSPS) is 14.8. The summed E-state index contributed by atoms with van der Waals surface area (Å²) in [5.74, 6) is 1.11. The van der Waals surface area contributed by atoms with Crippen LogP contribution in [0.15, 0.2) is 76.1 Å². The summed E-state index contributed by atoms with van der Waals surface area (Å²) >= 11 is 10.4. The number of benzene rings is 3. The summed E-state index contributed by atoms with van der Waals surface area (Å²) in [5, 5.41) is 0. The van der Waals surface area contributed by atoms with Crippen LogP contribution in [0.25, 0.3) is 6.08 Å². The summed E-state index contributed by atoms with van der Waals surface area (Å²) in [4.78, 5) is 15.2. The van der Waals surface area contributed by atoms with Gasteiger partial charge in [-0.2, -0.15) is 0 Å². The maximum absolute atomic E-state index is 13.1. The largest absolute Gasteiger partial charge is 0.490 e. The van der Waals surface area contributed by atoms with Gasteiger partial charge >= 0.3 is 0 Å². The number of ether oxygens (including phenoxy) is 2. The van der Waals surface area contributed by atoms with E-state index in [4.69, 9.17) is 21.7 Å². The van der Waals surface area contributed by atoms with Crippen molar-refractivity contribution in [3.05, 3.63) is 92.8 Å². The van der Waals surface area contributed by atoms with Crippen molar-refractivity contribution in [1.29, 1.82) is 0 Å². The van der Waals surface area contributed by atoms with Gasteiger partial charge in [-0.3, -0.25) is 9.69 Å². The Morgan fingerprint density at radius 3 is 2.48 bits per heavy atom. The molecule has 1 aliphatic heterocycles. The molecule has 0 saturated carbocycles. The maximum Gasteiger partial charge on any atom is 0.270 e. The van der Waals surface area contributed by atoms with E-state index in [9.17, 15) is 4.79 Å². The van der Waals surface area contributed by atoms with Crippen molar-refractivity contribution in [3.63, 3.8) is 0 Å². The molecule has 33 heavy (non-hydrogen) atoms. The molecule has 1 heterocycles. The predicted molar refractivity (Wildman–Crippen MR) is 143 cm³/mol. The van der Waals surface area contributed by atoms with E-state index in [1.165, 1.54) is 11.8 Å². The first-order chi connectivity index (χ1) is 16.0. The SMILES string of the molecule is CCOc1cc(/C=C2\SC(=S)N(c3ccc(C)cc3)C2=O)cc(Br)c1OCc1ccccc1. The third kappa shape index (κ3) is 5.49. The molecule has 1 aliphatic rings. The number of rotatable bonds is 7. The fraction of sp³-hybridized carbons (Fsp3) is 0.154. The molecule has 4 nitrogen and oxygen atoms in total. The van der Waals surface area contributed by atoms with Crippen LogP contribution in [0.2, 0.25) is 0 Å². The Labute approximate surface area is 211 Å². The number of anilines is 1. The fourth-order valence-electron chi connectivity index (χ4n) is 3.34. The van der Waals surface area contributed by atoms with E-state index < -0.39 is 0 Å². The van der Waals surface area contributed by atoms with Gasteiger partial charge in [0.25, 0.3) is 5.91 Å². The lowest BCUT2D eigenvalue weighted by molar-refractivity contribution is -0.113. The molecule has 1 amide bonds. The summed E-state index contributed by atoms with van der Waals surface area (Å²) in [5.41, 5.74) is 3.78. The molecule has 4 rings (SSSR count). The fourth-order valence-corrected chi connectivity index (χ4v) is 5.21. The lowest BCUT2D eigenvalue weighted by Gasteiger charge is -2.15. The third-order valence-electron chi connectivity index (χ3n) is 4.94. The van der Waals surface area contributed by atoms with Gasteiger partial charge in [-0.05, 0) is 71.2 Å². The second-order valence-electron chi connectivity index (χ2n) is 7.39. The molecule has 168 valence electrons. The van der Waals surface area contributed by atoms with Crippen LogP contribution >= 0.6 is 39.9 Å². The molecule has 0 atom stereocenters. The highest BCUT2D eigenvalue weighted by molar-refractivity contribution is 9.10. The van der Waals surface area contributed by atoms with Gasteiger partial charge in [-0.15, -0.1) is 0 Å². The number of carbonyl (C=O) groups excluding carboxylic acids is 1. The Morgan fingerprint density at radius 2 is 1.79 bits per heavy atom. The molecule has 0 unspecified atom stereocenters. The van der Waals surface area contributed by atoms with Crippen molar-refractivity contribution >= 4 is 61.9 Å². The molecule has 0 aromatic heterocycles. The minimum atomic E-state index is -0.132. The number of hydrogen-bond acceptors (Lipinski definition) is 5. The average molecular weight is 541 g/mol. The zero-order valence-corrected chi connectivity index (χ0v) is 21.4. The first-order valence-electron chi connectivity index (χ1n) is 10.4. The predicted octanol–water partition coefficient (Wildman–Crippen LogP) is 7.14. The van der Waals surface area contributed by atoms with E-state index in [0.717, 1.165) is 26.9 Å². The summed E-state index contributed by atoms with van der Waals surface area (Å²) in [6, 6.07) is 21.5. The molecule has 1 fully saturated rings. The molecule has 0 N–H and O–H groups in total. The number of halogens is 1. The van der Waals surface area contributed by atoms with E-state index in [1.807, 2.05) is 86.7 Å². The van der Waals surface area contributed by atoms with E-state index in [2.05, 4.69) is 15.9 Å². The number of thioether (sulfide) groups is 1. The van der Waals surface area contributed by atoms with Crippen LogP contribution in [-0.4, -0.2) is 16.8 Å². The van der Waals surface area contributed by atoms with Crippen LogP contribution in [0.3, 0.4) is 0 Å².